The predicted octanol–water partition coefficient (Wildman–Crippen LogP) is 1.69. The first kappa shape index (κ1) is 11.6. The van der Waals surface area contributed by atoms with E-state index in [-0.39, 0.29) is 17.7 Å². The van der Waals surface area contributed by atoms with E-state index in [9.17, 15) is 9.59 Å². The Morgan fingerprint density at radius 1 is 1.53 bits per heavy atom. The fourth-order valence-electron chi connectivity index (χ4n) is 1.49. The quantitative estimate of drug-likeness (QED) is 0.589. The highest BCUT2D eigenvalue weighted by Crippen LogP contribution is 2.31. The van der Waals surface area contributed by atoms with Gasteiger partial charge in [0.2, 0.25) is 0 Å². The molecule has 2 amide bonds. The maximum atomic E-state index is 11.9. The summed E-state index contributed by atoms with van der Waals surface area (Å²) in [5.41, 5.74) is 0.871. The number of aryl methyl sites for hydroxylation is 1. The molecule has 1 aromatic rings. The number of hydrogen-bond donors (Lipinski definition) is 0. The van der Waals surface area contributed by atoms with Crippen LogP contribution in [0.3, 0.4) is 0 Å². The van der Waals surface area contributed by atoms with Gasteiger partial charge >= 0.3 is 0 Å². The minimum Gasteiger partial charge on any atom is -0.351 e. The van der Waals surface area contributed by atoms with Crippen LogP contribution in [-0.4, -0.2) is 27.2 Å². The van der Waals surface area contributed by atoms with Crippen LogP contribution in [0.2, 0.25) is 0 Å². The second-order valence-corrected chi connectivity index (χ2v) is 4.51. The van der Waals surface area contributed by atoms with Gasteiger partial charge in [0, 0.05) is 18.9 Å². The van der Waals surface area contributed by atoms with Crippen molar-refractivity contribution in [3.63, 3.8) is 0 Å². The van der Waals surface area contributed by atoms with Crippen molar-refractivity contribution in [2.45, 2.75) is 0 Å². The minimum atomic E-state index is -0.320. The lowest BCUT2D eigenvalue weighted by molar-refractivity contribution is -0.122. The second-order valence-electron chi connectivity index (χ2n) is 3.52. The fourth-order valence-corrected chi connectivity index (χ4v) is 2.31. The van der Waals surface area contributed by atoms with E-state index in [0.29, 0.717) is 4.91 Å². The van der Waals surface area contributed by atoms with Gasteiger partial charge in [0.05, 0.1) is 11.4 Å². The summed E-state index contributed by atoms with van der Waals surface area (Å²) >= 11 is 0.918. The van der Waals surface area contributed by atoms with Crippen molar-refractivity contribution >= 4 is 29.0 Å². The van der Waals surface area contributed by atoms with E-state index in [1.807, 2.05) is 29.9 Å². The molecule has 0 aliphatic carbocycles. The van der Waals surface area contributed by atoms with Crippen LogP contribution in [0.1, 0.15) is 5.69 Å². The molecular formula is C12H10N2O2S. The molecule has 1 aliphatic heterocycles. The molecule has 86 valence electrons. The minimum absolute atomic E-state index is 0.0230. The Bertz CT molecular complexity index is 551. The van der Waals surface area contributed by atoms with Crippen LogP contribution < -0.4 is 0 Å². The summed E-state index contributed by atoms with van der Waals surface area (Å²) in [6, 6.07) is 3.74. The van der Waals surface area contributed by atoms with Gasteiger partial charge in [-0.1, -0.05) is 5.92 Å². The number of nitrogens with zero attached hydrogens (tertiary/aromatic N) is 2. The van der Waals surface area contributed by atoms with E-state index in [1.54, 1.807) is 6.08 Å². The summed E-state index contributed by atoms with van der Waals surface area (Å²) in [5.74, 6) is 1.98. The van der Waals surface area contributed by atoms with Gasteiger partial charge in [-0.05, 0) is 30.0 Å². The third-order valence-corrected chi connectivity index (χ3v) is 3.29. The highest BCUT2D eigenvalue weighted by atomic mass is 32.2. The number of carbonyl (C=O) groups excluding carboxylic acids is 2. The number of amides is 2. The second kappa shape index (κ2) is 4.52. The number of hydrogen-bond acceptors (Lipinski definition) is 3. The Labute approximate surface area is 103 Å². The molecule has 0 N–H and O–H groups in total. The SMILES string of the molecule is C#CCN1C(=O)S/C(=C/c2cccn2C)C1=O. The molecule has 0 spiro atoms. The third-order valence-electron chi connectivity index (χ3n) is 2.39. The van der Waals surface area contributed by atoms with Crippen molar-refractivity contribution < 1.29 is 9.59 Å². The van der Waals surface area contributed by atoms with Crippen LogP contribution in [0, 0.1) is 12.3 Å². The molecule has 0 radical (unpaired) electrons. The maximum Gasteiger partial charge on any atom is 0.294 e. The van der Waals surface area contributed by atoms with E-state index >= 15 is 0 Å². The number of rotatable bonds is 2. The van der Waals surface area contributed by atoms with Crippen LogP contribution in [0.5, 0.6) is 0 Å². The van der Waals surface area contributed by atoms with Gasteiger partial charge in [0.25, 0.3) is 11.1 Å². The Morgan fingerprint density at radius 2 is 2.29 bits per heavy atom. The molecule has 0 aromatic carbocycles. The van der Waals surface area contributed by atoms with Crippen LogP contribution in [0.4, 0.5) is 4.79 Å². The van der Waals surface area contributed by atoms with Crippen LogP contribution in [0.25, 0.3) is 6.08 Å². The van der Waals surface area contributed by atoms with Crippen molar-refractivity contribution in [1.82, 2.24) is 9.47 Å². The predicted molar refractivity (Wildman–Crippen MR) is 66.9 cm³/mol. The molecule has 1 aliphatic rings. The number of terminal acetylenes is 1. The van der Waals surface area contributed by atoms with Crippen molar-refractivity contribution in [2.75, 3.05) is 6.54 Å². The number of thioether (sulfide) groups is 1. The van der Waals surface area contributed by atoms with Gasteiger partial charge in [-0.2, -0.15) is 0 Å². The van der Waals surface area contributed by atoms with Crippen molar-refractivity contribution in [3.8, 4) is 12.3 Å². The van der Waals surface area contributed by atoms with E-state index in [4.69, 9.17) is 6.42 Å². The van der Waals surface area contributed by atoms with Gasteiger partial charge < -0.3 is 4.57 Å². The Balaban J connectivity index is 2.29. The molecule has 1 aromatic heterocycles. The van der Waals surface area contributed by atoms with Gasteiger partial charge in [-0.15, -0.1) is 6.42 Å². The smallest absolute Gasteiger partial charge is 0.294 e. The molecule has 1 saturated heterocycles. The zero-order valence-corrected chi connectivity index (χ0v) is 10.0. The van der Waals surface area contributed by atoms with Gasteiger partial charge in [-0.25, -0.2) is 0 Å². The number of aromatic nitrogens is 1. The van der Waals surface area contributed by atoms with E-state index < -0.39 is 0 Å². The monoisotopic (exact) mass is 246 g/mol. The lowest BCUT2D eigenvalue weighted by atomic mass is 10.3. The standard InChI is InChI=1S/C12H10N2O2S/c1-3-6-14-11(15)10(17-12(14)16)8-9-5-4-7-13(9)2/h1,4-5,7-8H,6H2,2H3/b10-8+. The maximum absolute atomic E-state index is 11.9. The first-order valence-corrected chi connectivity index (χ1v) is 5.75. The summed E-state index contributed by atoms with van der Waals surface area (Å²) in [7, 11) is 1.87. The molecule has 2 heterocycles. The fraction of sp³-hybridized carbons (Fsp3) is 0.167. The third kappa shape index (κ3) is 2.12. The van der Waals surface area contributed by atoms with Crippen molar-refractivity contribution in [2.24, 2.45) is 7.05 Å². The highest BCUT2D eigenvalue weighted by Gasteiger charge is 2.34. The molecule has 17 heavy (non-hydrogen) atoms. The van der Waals surface area contributed by atoms with Crippen LogP contribution in [0.15, 0.2) is 23.2 Å². The molecule has 5 heteroatoms. The van der Waals surface area contributed by atoms with E-state index in [0.717, 1.165) is 22.4 Å². The summed E-state index contributed by atoms with van der Waals surface area (Å²) < 4.78 is 1.87. The van der Waals surface area contributed by atoms with Crippen molar-refractivity contribution in [1.29, 1.82) is 0 Å². The normalized spacial score (nSPS) is 17.9. The number of carbonyl (C=O) groups is 2. The van der Waals surface area contributed by atoms with Gasteiger partial charge in [0.1, 0.15) is 0 Å². The molecule has 4 nitrogen and oxygen atoms in total. The van der Waals surface area contributed by atoms with Gasteiger partial charge in [-0.3, -0.25) is 14.5 Å². The van der Waals surface area contributed by atoms with Crippen molar-refractivity contribution in [3.05, 3.63) is 28.9 Å². The highest BCUT2D eigenvalue weighted by molar-refractivity contribution is 8.18. The van der Waals surface area contributed by atoms with E-state index in [1.165, 1.54) is 0 Å². The Morgan fingerprint density at radius 3 is 2.88 bits per heavy atom. The van der Waals surface area contributed by atoms with Gasteiger partial charge in [0.15, 0.2) is 0 Å². The molecule has 2 rings (SSSR count). The first-order chi connectivity index (χ1) is 8.13. The molecule has 0 unspecified atom stereocenters. The van der Waals surface area contributed by atoms with Crippen LogP contribution in [-0.2, 0) is 11.8 Å². The van der Waals surface area contributed by atoms with E-state index in [2.05, 4.69) is 5.92 Å². The summed E-state index contributed by atoms with van der Waals surface area (Å²) in [6.45, 7) is 0.0230. The zero-order chi connectivity index (χ0) is 12.4. The average Bonchev–Trinajstić information content (AvgIpc) is 2.79. The van der Waals surface area contributed by atoms with Crippen LogP contribution >= 0.6 is 11.8 Å². The summed E-state index contributed by atoms with van der Waals surface area (Å²) in [5, 5.41) is -0.312. The first-order valence-electron chi connectivity index (χ1n) is 4.93. The largest absolute Gasteiger partial charge is 0.351 e. The summed E-state index contributed by atoms with van der Waals surface area (Å²) in [4.78, 5) is 24.9. The molecular weight excluding hydrogens is 236 g/mol. The Kier molecular flexibility index (Phi) is 3.07. The lowest BCUT2D eigenvalue weighted by Gasteiger charge is -2.06. The average molecular weight is 246 g/mol. The molecule has 0 bridgehead atoms. The molecule has 0 saturated carbocycles. The molecule has 0 atom stereocenters. The zero-order valence-electron chi connectivity index (χ0n) is 9.21. The summed E-state index contributed by atoms with van der Waals surface area (Å²) in [6.07, 6.45) is 8.68. The lowest BCUT2D eigenvalue weighted by Crippen LogP contribution is -2.28. The molecule has 1 fully saturated rings. The Hall–Kier alpha value is -1.93. The topological polar surface area (TPSA) is 42.3 Å². The number of imide groups is 1.